The number of carbonyl (C=O) groups is 1. The van der Waals surface area contributed by atoms with E-state index >= 15 is 0 Å². The predicted molar refractivity (Wildman–Crippen MR) is 102 cm³/mol. The van der Waals surface area contributed by atoms with E-state index in [1.165, 1.54) is 10.4 Å². The van der Waals surface area contributed by atoms with Crippen molar-refractivity contribution < 1.29 is 22.7 Å². The van der Waals surface area contributed by atoms with Crippen LogP contribution in [0.15, 0.2) is 23.1 Å². The molecular weight excluding hydrogens is 392 g/mol. The third-order valence-electron chi connectivity index (χ3n) is 4.88. The van der Waals surface area contributed by atoms with Gasteiger partial charge in [0, 0.05) is 31.2 Å². The summed E-state index contributed by atoms with van der Waals surface area (Å²) in [7, 11) is -3.81. The van der Waals surface area contributed by atoms with E-state index < -0.39 is 10.0 Å². The van der Waals surface area contributed by atoms with Crippen molar-refractivity contribution in [2.75, 3.05) is 46.0 Å². The molecule has 9 heteroatoms. The Morgan fingerprint density at radius 1 is 1.30 bits per heavy atom. The lowest BCUT2D eigenvalue weighted by atomic mass is 9.98. The molecule has 0 aromatic heterocycles. The number of sulfonamides is 1. The van der Waals surface area contributed by atoms with Crippen LogP contribution in [0, 0.1) is 5.92 Å². The Kier molecular flexibility index (Phi) is 6.62. The lowest BCUT2D eigenvalue weighted by Crippen LogP contribution is -2.49. The van der Waals surface area contributed by atoms with Gasteiger partial charge in [-0.3, -0.25) is 4.79 Å². The Bertz CT molecular complexity index is 780. The summed E-state index contributed by atoms with van der Waals surface area (Å²) >= 11 is 6.03. The number of morpholine rings is 1. The van der Waals surface area contributed by atoms with Crippen molar-refractivity contribution in [2.45, 2.75) is 24.7 Å². The molecule has 0 aliphatic carbocycles. The summed E-state index contributed by atoms with van der Waals surface area (Å²) in [6.07, 6.45) is 1.33. The third-order valence-corrected chi connectivity index (χ3v) is 7.00. The summed E-state index contributed by atoms with van der Waals surface area (Å²) in [5.74, 6) is -0.0424. The largest absolute Gasteiger partial charge is 0.492 e. The molecule has 2 saturated heterocycles. The number of rotatable bonds is 5. The average Bonchev–Trinajstić information content (AvgIpc) is 2.69. The van der Waals surface area contributed by atoms with Crippen molar-refractivity contribution in [3.63, 3.8) is 0 Å². The van der Waals surface area contributed by atoms with E-state index in [4.69, 9.17) is 21.1 Å². The first-order valence-electron chi connectivity index (χ1n) is 9.22. The van der Waals surface area contributed by atoms with E-state index in [1.54, 1.807) is 24.0 Å². The van der Waals surface area contributed by atoms with Gasteiger partial charge in [0.15, 0.2) is 0 Å². The molecule has 1 atom stereocenters. The maximum atomic E-state index is 13.2. The van der Waals surface area contributed by atoms with Crippen LogP contribution in [0.2, 0.25) is 5.02 Å². The quantitative estimate of drug-likeness (QED) is 0.733. The number of halogens is 1. The van der Waals surface area contributed by atoms with Crippen molar-refractivity contribution in [3.8, 4) is 5.75 Å². The molecule has 0 bridgehead atoms. The molecule has 1 unspecified atom stereocenters. The highest BCUT2D eigenvalue weighted by Crippen LogP contribution is 2.32. The van der Waals surface area contributed by atoms with Crippen molar-refractivity contribution >= 4 is 27.5 Å². The minimum atomic E-state index is -3.81. The summed E-state index contributed by atoms with van der Waals surface area (Å²) in [6.45, 7) is 4.88. The Balaban J connectivity index is 1.80. The number of piperidine rings is 1. The highest BCUT2D eigenvalue weighted by molar-refractivity contribution is 7.89. The lowest BCUT2D eigenvalue weighted by molar-refractivity contribution is -0.140. The number of ether oxygens (including phenoxy) is 2. The average molecular weight is 417 g/mol. The zero-order chi connectivity index (χ0) is 19.4. The maximum Gasteiger partial charge on any atom is 0.246 e. The lowest BCUT2D eigenvalue weighted by Gasteiger charge is -2.35. The second kappa shape index (κ2) is 8.77. The van der Waals surface area contributed by atoms with Gasteiger partial charge in [-0.25, -0.2) is 8.42 Å². The van der Waals surface area contributed by atoms with E-state index in [2.05, 4.69) is 0 Å². The Morgan fingerprint density at radius 3 is 2.74 bits per heavy atom. The fraction of sp³-hybridized carbons (Fsp3) is 0.611. The molecule has 7 nitrogen and oxygen atoms in total. The Hall–Kier alpha value is -1.35. The van der Waals surface area contributed by atoms with Crippen LogP contribution >= 0.6 is 11.6 Å². The smallest absolute Gasteiger partial charge is 0.246 e. The van der Waals surface area contributed by atoms with Gasteiger partial charge < -0.3 is 14.4 Å². The molecule has 1 aromatic carbocycles. The molecule has 1 amide bonds. The fourth-order valence-corrected chi connectivity index (χ4v) is 5.42. The summed E-state index contributed by atoms with van der Waals surface area (Å²) in [6, 6.07) is 4.58. The van der Waals surface area contributed by atoms with Crippen LogP contribution in [0.3, 0.4) is 0 Å². The van der Waals surface area contributed by atoms with Gasteiger partial charge in [0.05, 0.1) is 25.7 Å². The van der Waals surface area contributed by atoms with E-state index in [9.17, 15) is 13.2 Å². The topological polar surface area (TPSA) is 76.2 Å². The van der Waals surface area contributed by atoms with Crippen molar-refractivity contribution in [3.05, 3.63) is 23.2 Å². The van der Waals surface area contributed by atoms with Crippen LogP contribution in [-0.4, -0.2) is 69.5 Å². The number of nitrogens with zero attached hydrogens (tertiary/aromatic N) is 2. The van der Waals surface area contributed by atoms with E-state index in [1.807, 2.05) is 0 Å². The maximum absolute atomic E-state index is 13.2. The number of hydrogen-bond donors (Lipinski definition) is 0. The zero-order valence-electron chi connectivity index (χ0n) is 15.4. The molecular formula is C18H25ClN2O5S. The molecule has 3 rings (SSSR count). The number of amides is 1. The van der Waals surface area contributed by atoms with Crippen LogP contribution in [0.1, 0.15) is 19.8 Å². The fourth-order valence-electron chi connectivity index (χ4n) is 3.50. The molecule has 2 aliphatic rings. The van der Waals surface area contributed by atoms with Crippen LogP contribution in [0.4, 0.5) is 0 Å². The summed E-state index contributed by atoms with van der Waals surface area (Å²) in [4.78, 5) is 14.6. The highest BCUT2D eigenvalue weighted by Gasteiger charge is 2.36. The third kappa shape index (κ3) is 4.56. The minimum Gasteiger partial charge on any atom is -0.492 e. The molecule has 27 heavy (non-hydrogen) atoms. The van der Waals surface area contributed by atoms with Gasteiger partial charge in [0.1, 0.15) is 10.6 Å². The van der Waals surface area contributed by atoms with Gasteiger partial charge in [-0.15, -0.1) is 0 Å². The summed E-state index contributed by atoms with van der Waals surface area (Å²) in [5, 5.41) is 0.329. The van der Waals surface area contributed by atoms with Crippen molar-refractivity contribution in [1.29, 1.82) is 0 Å². The summed E-state index contributed by atoms with van der Waals surface area (Å²) in [5.41, 5.74) is 0. The van der Waals surface area contributed by atoms with Crippen LogP contribution in [-0.2, 0) is 19.6 Å². The molecule has 2 heterocycles. The van der Waals surface area contributed by atoms with Crippen LogP contribution < -0.4 is 4.74 Å². The second-order valence-corrected chi connectivity index (χ2v) is 9.01. The van der Waals surface area contributed by atoms with Crippen LogP contribution in [0.25, 0.3) is 0 Å². The highest BCUT2D eigenvalue weighted by atomic mass is 35.5. The SMILES string of the molecule is CCOc1ccc(Cl)cc1S(=O)(=O)N1CCCC(C(=O)N2CCOCC2)C1. The van der Waals surface area contributed by atoms with Gasteiger partial charge in [0.2, 0.25) is 15.9 Å². The standard InChI is InChI=1S/C18H25ClN2O5S/c1-2-26-16-6-5-15(19)12-17(16)27(23,24)21-7-3-4-14(13-21)18(22)20-8-10-25-11-9-20/h5-6,12,14H,2-4,7-11,13H2,1H3. The first-order valence-corrected chi connectivity index (χ1v) is 11.0. The van der Waals surface area contributed by atoms with Gasteiger partial charge in [-0.1, -0.05) is 11.6 Å². The Morgan fingerprint density at radius 2 is 2.04 bits per heavy atom. The van der Waals surface area contributed by atoms with E-state index in [0.29, 0.717) is 57.3 Å². The normalized spacial score (nSPS) is 21.9. The monoisotopic (exact) mass is 416 g/mol. The molecule has 0 N–H and O–H groups in total. The van der Waals surface area contributed by atoms with Gasteiger partial charge >= 0.3 is 0 Å². The molecule has 0 radical (unpaired) electrons. The number of carbonyl (C=O) groups excluding carboxylic acids is 1. The molecule has 0 saturated carbocycles. The number of benzene rings is 1. The zero-order valence-corrected chi connectivity index (χ0v) is 17.0. The van der Waals surface area contributed by atoms with Gasteiger partial charge in [0.25, 0.3) is 0 Å². The van der Waals surface area contributed by atoms with Gasteiger partial charge in [-0.2, -0.15) is 4.31 Å². The summed E-state index contributed by atoms with van der Waals surface area (Å²) < 4.78 is 38.6. The van der Waals surface area contributed by atoms with Crippen LogP contribution in [0.5, 0.6) is 5.75 Å². The minimum absolute atomic E-state index is 0.00863. The molecule has 150 valence electrons. The van der Waals surface area contributed by atoms with E-state index in [-0.39, 0.29) is 29.0 Å². The first kappa shape index (κ1) is 20.4. The van der Waals surface area contributed by atoms with Crippen molar-refractivity contribution in [1.82, 2.24) is 9.21 Å². The van der Waals surface area contributed by atoms with Gasteiger partial charge in [-0.05, 0) is 38.0 Å². The predicted octanol–water partition coefficient (Wildman–Crippen LogP) is 2.00. The van der Waals surface area contributed by atoms with Crippen molar-refractivity contribution in [2.24, 2.45) is 5.92 Å². The molecule has 1 aromatic rings. The molecule has 2 aliphatic heterocycles. The number of hydrogen-bond acceptors (Lipinski definition) is 5. The Labute approximate surface area is 165 Å². The first-order chi connectivity index (χ1) is 12.9. The van der Waals surface area contributed by atoms with E-state index in [0.717, 1.165) is 0 Å². The molecule has 2 fully saturated rings. The second-order valence-electron chi connectivity index (χ2n) is 6.66. The molecule has 0 spiro atoms.